The summed E-state index contributed by atoms with van der Waals surface area (Å²) in [6.45, 7) is 0. The largest absolute Gasteiger partial charge is 0.359 e. The van der Waals surface area contributed by atoms with E-state index in [-0.39, 0.29) is 5.84 Å². The summed E-state index contributed by atoms with van der Waals surface area (Å²) in [5.74, 6) is -0.716. The SMILES string of the molecule is CSc1ccccc1NC(N=C1C(=O)N(C)C(=O)N1c1ccccc1)C(Cl)(Cl)Cl. The van der Waals surface area contributed by atoms with Crippen LogP contribution in [0.3, 0.4) is 0 Å². The summed E-state index contributed by atoms with van der Waals surface area (Å²) in [6.07, 6.45) is 0.799. The average Bonchev–Trinajstić information content (AvgIpc) is 2.91. The molecule has 1 heterocycles. The molecule has 29 heavy (non-hydrogen) atoms. The fourth-order valence-corrected chi connectivity index (χ4v) is 3.59. The number of hydrogen-bond acceptors (Lipinski definition) is 5. The van der Waals surface area contributed by atoms with E-state index in [2.05, 4.69) is 10.3 Å². The first kappa shape index (κ1) is 21.8. The molecule has 152 valence electrons. The van der Waals surface area contributed by atoms with Gasteiger partial charge in [-0.3, -0.25) is 9.69 Å². The number of carbonyl (C=O) groups excluding carboxylic acids is 2. The molecule has 1 unspecified atom stereocenters. The van der Waals surface area contributed by atoms with Gasteiger partial charge in [0.2, 0.25) is 9.63 Å². The minimum Gasteiger partial charge on any atom is -0.359 e. The molecular weight excluding hydrogens is 455 g/mol. The van der Waals surface area contributed by atoms with E-state index in [0.29, 0.717) is 11.4 Å². The zero-order valence-electron chi connectivity index (χ0n) is 15.5. The number of hydrogen-bond donors (Lipinski definition) is 1. The Hall–Kier alpha value is -1.93. The van der Waals surface area contributed by atoms with Crippen LogP contribution in [0.1, 0.15) is 0 Å². The molecule has 3 rings (SSSR count). The molecule has 0 bridgehead atoms. The van der Waals surface area contributed by atoms with Gasteiger partial charge in [-0.2, -0.15) is 0 Å². The Morgan fingerprint density at radius 3 is 2.28 bits per heavy atom. The number of halogens is 3. The lowest BCUT2D eigenvalue weighted by Crippen LogP contribution is -2.38. The van der Waals surface area contributed by atoms with E-state index in [9.17, 15) is 9.59 Å². The number of nitrogens with zero attached hydrogens (tertiary/aromatic N) is 3. The zero-order valence-corrected chi connectivity index (χ0v) is 18.6. The molecule has 1 N–H and O–H groups in total. The van der Waals surface area contributed by atoms with Gasteiger partial charge in [0, 0.05) is 17.6 Å². The molecule has 2 aromatic carbocycles. The molecule has 1 saturated heterocycles. The third-order valence-electron chi connectivity index (χ3n) is 4.16. The van der Waals surface area contributed by atoms with Crippen LogP contribution in [-0.2, 0) is 4.79 Å². The third kappa shape index (κ3) is 4.64. The highest BCUT2D eigenvalue weighted by molar-refractivity contribution is 7.98. The van der Waals surface area contributed by atoms with Crippen molar-refractivity contribution in [3.63, 3.8) is 0 Å². The summed E-state index contributed by atoms with van der Waals surface area (Å²) in [4.78, 5) is 32.8. The lowest BCUT2D eigenvalue weighted by molar-refractivity contribution is -0.119. The molecular formula is C19H17Cl3N4O2S. The maximum absolute atomic E-state index is 12.7. The first-order valence-corrected chi connectivity index (χ1v) is 10.8. The van der Waals surface area contributed by atoms with Crippen LogP contribution in [0, 0.1) is 0 Å². The van der Waals surface area contributed by atoms with Gasteiger partial charge in [-0.15, -0.1) is 11.8 Å². The number of nitrogens with one attached hydrogen (secondary N) is 1. The van der Waals surface area contributed by atoms with E-state index < -0.39 is 21.9 Å². The number of amides is 3. The fourth-order valence-electron chi connectivity index (χ4n) is 2.72. The second-order valence-corrected chi connectivity index (χ2v) is 9.28. The van der Waals surface area contributed by atoms with Crippen LogP contribution < -0.4 is 10.2 Å². The van der Waals surface area contributed by atoms with Crippen LogP contribution in [0.5, 0.6) is 0 Å². The average molecular weight is 472 g/mol. The Bertz CT molecular complexity index is 950. The van der Waals surface area contributed by atoms with E-state index in [1.54, 1.807) is 30.3 Å². The number of para-hydroxylation sites is 2. The smallest absolute Gasteiger partial charge is 0.337 e. The van der Waals surface area contributed by atoms with E-state index in [0.717, 1.165) is 9.80 Å². The predicted molar refractivity (Wildman–Crippen MR) is 120 cm³/mol. The monoisotopic (exact) mass is 470 g/mol. The number of benzene rings is 2. The summed E-state index contributed by atoms with van der Waals surface area (Å²) < 4.78 is -1.88. The Morgan fingerprint density at radius 1 is 1.03 bits per heavy atom. The molecule has 1 atom stereocenters. The first-order chi connectivity index (χ1) is 13.7. The molecule has 0 radical (unpaired) electrons. The fraction of sp³-hybridized carbons (Fsp3) is 0.211. The van der Waals surface area contributed by atoms with Crippen molar-refractivity contribution in [3.8, 4) is 0 Å². The minimum absolute atomic E-state index is 0.130. The molecule has 0 saturated carbocycles. The molecule has 1 aliphatic heterocycles. The molecule has 6 nitrogen and oxygen atoms in total. The Morgan fingerprint density at radius 2 is 1.66 bits per heavy atom. The summed E-state index contributed by atoms with van der Waals surface area (Å²) in [6, 6.07) is 15.6. The summed E-state index contributed by atoms with van der Waals surface area (Å²) in [7, 11) is 1.38. The van der Waals surface area contributed by atoms with Gasteiger partial charge in [0.05, 0.1) is 5.69 Å². The number of alkyl halides is 3. The molecule has 1 aliphatic rings. The van der Waals surface area contributed by atoms with Crippen LogP contribution in [0.4, 0.5) is 16.2 Å². The van der Waals surface area contributed by atoms with Crippen LogP contribution in [-0.4, -0.2) is 45.9 Å². The topological polar surface area (TPSA) is 65.0 Å². The van der Waals surface area contributed by atoms with E-state index in [1.165, 1.54) is 23.7 Å². The van der Waals surface area contributed by atoms with Crippen molar-refractivity contribution in [2.24, 2.45) is 4.99 Å². The van der Waals surface area contributed by atoms with Crippen LogP contribution in [0.15, 0.2) is 64.5 Å². The number of imide groups is 1. The third-order valence-corrected chi connectivity index (χ3v) is 5.58. The zero-order chi connectivity index (χ0) is 21.2. The summed E-state index contributed by atoms with van der Waals surface area (Å²) >= 11 is 20.0. The lowest BCUT2D eigenvalue weighted by atomic mass is 10.3. The molecule has 10 heteroatoms. The van der Waals surface area contributed by atoms with Crippen LogP contribution in [0.2, 0.25) is 0 Å². The minimum atomic E-state index is -1.88. The number of likely N-dealkylation sites (N-methyl/N-ethyl adjacent to an activating group) is 1. The number of urea groups is 1. The van der Waals surface area contributed by atoms with Gasteiger partial charge in [-0.25, -0.2) is 14.7 Å². The van der Waals surface area contributed by atoms with Crippen LogP contribution >= 0.6 is 46.6 Å². The molecule has 3 amide bonds. The van der Waals surface area contributed by atoms with Crippen molar-refractivity contribution in [2.45, 2.75) is 14.9 Å². The maximum atomic E-state index is 12.7. The van der Waals surface area contributed by atoms with Crippen molar-refractivity contribution < 1.29 is 9.59 Å². The molecule has 0 aromatic heterocycles. The van der Waals surface area contributed by atoms with Gasteiger partial charge in [0.25, 0.3) is 5.91 Å². The number of rotatable bonds is 5. The van der Waals surface area contributed by atoms with Crippen molar-refractivity contribution >= 4 is 75.7 Å². The standard InChI is InChI=1S/C19H17Cl3N4O2S/c1-25-16(27)15(26(18(25)28)12-8-4-3-5-9-12)24-17(19(20,21)22)23-13-10-6-7-11-14(13)29-2/h3-11,17,23H,1-2H3. The second kappa shape index (κ2) is 8.83. The predicted octanol–water partition coefficient (Wildman–Crippen LogP) is 5.01. The van der Waals surface area contributed by atoms with Crippen molar-refractivity contribution in [2.75, 3.05) is 23.5 Å². The number of carbonyl (C=O) groups is 2. The highest BCUT2D eigenvalue weighted by Gasteiger charge is 2.43. The van der Waals surface area contributed by atoms with E-state index >= 15 is 0 Å². The molecule has 0 aliphatic carbocycles. The maximum Gasteiger partial charge on any atom is 0.337 e. The normalized spacial score (nSPS) is 17.2. The van der Waals surface area contributed by atoms with Crippen molar-refractivity contribution in [1.29, 1.82) is 0 Å². The van der Waals surface area contributed by atoms with Gasteiger partial charge in [-0.05, 0) is 30.5 Å². The van der Waals surface area contributed by atoms with Gasteiger partial charge in [0.15, 0.2) is 6.17 Å². The number of amidine groups is 1. The Labute approximate surface area is 187 Å². The lowest BCUT2D eigenvalue weighted by Gasteiger charge is -2.25. The summed E-state index contributed by atoms with van der Waals surface area (Å²) in [5, 5.41) is 3.07. The Balaban J connectivity index is 2.05. The highest BCUT2D eigenvalue weighted by Crippen LogP contribution is 2.36. The van der Waals surface area contributed by atoms with Gasteiger partial charge < -0.3 is 5.32 Å². The van der Waals surface area contributed by atoms with E-state index in [4.69, 9.17) is 34.8 Å². The van der Waals surface area contributed by atoms with Crippen molar-refractivity contribution in [3.05, 3.63) is 54.6 Å². The summed E-state index contributed by atoms with van der Waals surface area (Å²) in [5.41, 5.74) is 1.18. The quantitative estimate of drug-likeness (QED) is 0.378. The number of anilines is 2. The number of aliphatic imine (C=N–C) groups is 1. The van der Waals surface area contributed by atoms with E-state index in [1.807, 2.05) is 30.5 Å². The number of thioether (sulfide) groups is 1. The van der Waals surface area contributed by atoms with Gasteiger partial charge in [0.1, 0.15) is 0 Å². The van der Waals surface area contributed by atoms with Crippen molar-refractivity contribution in [1.82, 2.24) is 4.90 Å². The molecule has 2 aromatic rings. The Kier molecular flexibility index (Phi) is 6.63. The van der Waals surface area contributed by atoms with Crippen LogP contribution in [0.25, 0.3) is 0 Å². The molecule has 1 fully saturated rings. The van der Waals surface area contributed by atoms with Gasteiger partial charge in [-0.1, -0.05) is 65.1 Å². The highest BCUT2D eigenvalue weighted by atomic mass is 35.6. The van der Waals surface area contributed by atoms with Gasteiger partial charge >= 0.3 is 6.03 Å². The second-order valence-electron chi connectivity index (χ2n) is 6.06. The first-order valence-electron chi connectivity index (χ1n) is 8.45. The molecule has 0 spiro atoms.